The standard InChI is InChI=1S/C13H16ClNO2/c1-9(2)17-12-5-3-11(4-6-12)15-8-10(14)7-13(15)16/h3-6,9-10H,7-8H2,1-2H3. The van der Waals surface area contributed by atoms with Crippen LogP contribution in [-0.4, -0.2) is 23.9 Å². The second-order valence-corrected chi connectivity index (χ2v) is 5.08. The maximum absolute atomic E-state index is 11.7. The molecule has 1 fully saturated rings. The van der Waals surface area contributed by atoms with Crippen LogP contribution in [0.2, 0.25) is 0 Å². The molecule has 0 radical (unpaired) electrons. The maximum Gasteiger partial charge on any atom is 0.228 e. The Morgan fingerprint density at radius 3 is 2.47 bits per heavy atom. The Hall–Kier alpha value is -1.22. The molecule has 0 bridgehead atoms. The number of carbonyl (C=O) groups excluding carboxylic acids is 1. The third-order valence-corrected chi connectivity index (χ3v) is 2.89. The summed E-state index contributed by atoms with van der Waals surface area (Å²) in [5.74, 6) is 0.903. The van der Waals surface area contributed by atoms with Crippen LogP contribution < -0.4 is 9.64 Å². The van der Waals surface area contributed by atoms with Crippen LogP contribution in [0.4, 0.5) is 5.69 Å². The van der Waals surface area contributed by atoms with Crippen molar-refractivity contribution in [1.29, 1.82) is 0 Å². The lowest BCUT2D eigenvalue weighted by Crippen LogP contribution is -2.24. The molecule has 92 valence electrons. The lowest BCUT2D eigenvalue weighted by Gasteiger charge is -2.17. The van der Waals surface area contributed by atoms with Crippen LogP contribution in [0.25, 0.3) is 0 Å². The van der Waals surface area contributed by atoms with Crippen molar-refractivity contribution in [2.24, 2.45) is 0 Å². The van der Waals surface area contributed by atoms with E-state index in [0.29, 0.717) is 13.0 Å². The number of halogens is 1. The Bertz CT molecular complexity index is 402. The van der Waals surface area contributed by atoms with Crippen LogP contribution >= 0.6 is 11.6 Å². The monoisotopic (exact) mass is 253 g/mol. The molecule has 2 rings (SSSR count). The van der Waals surface area contributed by atoms with Crippen LogP contribution in [0.3, 0.4) is 0 Å². The van der Waals surface area contributed by atoms with Crippen molar-refractivity contribution in [3.05, 3.63) is 24.3 Å². The molecule has 0 saturated carbocycles. The first kappa shape index (κ1) is 12.2. The molecular formula is C13H16ClNO2. The van der Waals surface area contributed by atoms with Gasteiger partial charge in [0.25, 0.3) is 0 Å². The van der Waals surface area contributed by atoms with Gasteiger partial charge in [-0.15, -0.1) is 11.6 Å². The van der Waals surface area contributed by atoms with E-state index in [0.717, 1.165) is 11.4 Å². The minimum absolute atomic E-state index is 0.0749. The third-order valence-electron chi connectivity index (χ3n) is 2.60. The number of hydrogen-bond acceptors (Lipinski definition) is 2. The maximum atomic E-state index is 11.7. The van der Waals surface area contributed by atoms with Crippen molar-refractivity contribution in [3.8, 4) is 5.75 Å². The summed E-state index contributed by atoms with van der Waals surface area (Å²) in [7, 11) is 0. The number of anilines is 1. The lowest BCUT2D eigenvalue weighted by atomic mass is 10.3. The van der Waals surface area contributed by atoms with Gasteiger partial charge in [-0.2, -0.15) is 0 Å². The van der Waals surface area contributed by atoms with Gasteiger partial charge in [-0.05, 0) is 38.1 Å². The van der Waals surface area contributed by atoms with E-state index in [1.807, 2.05) is 38.1 Å². The van der Waals surface area contributed by atoms with Crippen molar-refractivity contribution in [2.45, 2.75) is 31.7 Å². The highest BCUT2D eigenvalue weighted by atomic mass is 35.5. The van der Waals surface area contributed by atoms with Crippen molar-refractivity contribution < 1.29 is 9.53 Å². The van der Waals surface area contributed by atoms with Crippen LogP contribution in [0.5, 0.6) is 5.75 Å². The van der Waals surface area contributed by atoms with Crippen LogP contribution in [0.1, 0.15) is 20.3 Å². The fourth-order valence-electron chi connectivity index (χ4n) is 1.89. The number of alkyl halides is 1. The Morgan fingerprint density at radius 1 is 1.35 bits per heavy atom. The topological polar surface area (TPSA) is 29.5 Å². The van der Waals surface area contributed by atoms with Gasteiger partial charge in [0.15, 0.2) is 0 Å². The van der Waals surface area contributed by atoms with Gasteiger partial charge in [0.1, 0.15) is 5.75 Å². The van der Waals surface area contributed by atoms with Gasteiger partial charge in [0.05, 0.1) is 11.5 Å². The Kier molecular flexibility index (Phi) is 3.57. The first-order valence-electron chi connectivity index (χ1n) is 5.77. The molecule has 17 heavy (non-hydrogen) atoms. The second-order valence-electron chi connectivity index (χ2n) is 4.47. The molecule has 0 spiro atoms. The van der Waals surface area contributed by atoms with Gasteiger partial charge in [-0.3, -0.25) is 4.79 Å². The van der Waals surface area contributed by atoms with Crippen molar-refractivity contribution in [1.82, 2.24) is 0 Å². The molecule has 4 heteroatoms. The van der Waals surface area contributed by atoms with Gasteiger partial charge >= 0.3 is 0 Å². The average molecular weight is 254 g/mol. The predicted molar refractivity (Wildman–Crippen MR) is 68.8 cm³/mol. The molecule has 1 aromatic rings. The zero-order chi connectivity index (χ0) is 12.4. The Balaban J connectivity index is 2.10. The summed E-state index contributed by atoms with van der Waals surface area (Å²) in [5, 5.41) is -0.0749. The minimum atomic E-state index is -0.0749. The van der Waals surface area contributed by atoms with Crippen LogP contribution in [0, 0.1) is 0 Å². The molecule has 1 aliphatic rings. The van der Waals surface area contributed by atoms with E-state index in [-0.39, 0.29) is 17.4 Å². The summed E-state index contributed by atoms with van der Waals surface area (Å²) >= 11 is 5.96. The van der Waals surface area contributed by atoms with E-state index in [1.54, 1.807) is 4.90 Å². The zero-order valence-corrected chi connectivity index (χ0v) is 10.8. The highest BCUT2D eigenvalue weighted by Crippen LogP contribution is 2.26. The molecule has 1 aromatic carbocycles. The highest BCUT2D eigenvalue weighted by Gasteiger charge is 2.28. The number of rotatable bonds is 3. The van der Waals surface area contributed by atoms with Crippen LogP contribution in [-0.2, 0) is 4.79 Å². The molecule has 1 unspecified atom stereocenters. The zero-order valence-electron chi connectivity index (χ0n) is 10.0. The molecule has 1 heterocycles. The quantitative estimate of drug-likeness (QED) is 0.776. The summed E-state index contributed by atoms with van der Waals surface area (Å²) in [6, 6.07) is 7.55. The minimum Gasteiger partial charge on any atom is -0.491 e. The van der Waals surface area contributed by atoms with Crippen molar-refractivity contribution in [2.75, 3.05) is 11.4 Å². The number of amides is 1. The van der Waals surface area contributed by atoms with Gasteiger partial charge < -0.3 is 9.64 Å². The summed E-state index contributed by atoms with van der Waals surface area (Å²) in [6.07, 6.45) is 0.577. The SMILES string of the molecule is CC(C)Oc1ccc(N2CC(Cl)CC2=O)cc1. The molecular weight excluding hydrogens is 238 g/mol. The van der Waals surface area contributed by atoms with Crippen molar-refractivity contribution >= 4 is 23.2 Å². The molecule has 1 atom stereocenters. The summed E-state index contributed by atoms with van der Waals surface area (Å²) in [5.41, 5.74) is 0.884. The molecule has 0 aliphatic carbocycles. The number of benzene rings is 1. The normalized spacial score (nSPS) is 20.1. The van der Waals surface area contributed by atoms with Crippen LogP contribution in [0.15, 0.2) is 24.3 Å². The molecule has 0 aromatic heterocycles. The highest BCUT2D eigenvalue weighted by molar-refractivity contribution is 6.24. The number of carbonyl (C=O) groups is 1. The molecule has 1 amide bonds. The predicted octanol–water partition coefficient (Wildman–Crippen LogP) is 2.82. The largest absolute Gasteiger partial charge is 0.491 e. The smallest absolute Gasteiger partial charge is 0.228 e. The van der Waals surface area contributed by atoms with E-state index in [1.165, 1.54) is 0 Å². The second kappa shape index (κ2) is 4.96. The molecule has 1 aliphatic heterocycles. The molecule has 0 N–H and O–H groups in total. The summed E-state index contributed by atoms with van der Waals surface area (Å²) in [4.78, 5) is 13.4. The van der Waals surface area contributed by atoms with Gasteiger partial charge in [-0.1, -0.05) is 0 Å². The van der Waals surface area contributed by atoms with Gasteiger partial charge in [0.2, 0.25) is 5.91 Å². The Labute approximate surface area is 106 Å². The van der Waals surface area contributed by atoms with Crippen molar-refractivity contribution in [3.63, 3.8) is 0 Å². The fourth-order valence-corrected chi connectivity index (χ4v) is 2.16. The van der Waals surface area contributed by atoms with E-state index in [4.69, 9.17) is 16.3 Å². The molecule has 1 saturated heterocycles. The first-order chi connectivity index (χ1) is 8.06. The molecule has 3 nitrogen and oxygen atoms in total. The van der Waals surface area contributed by atoms with Gasteiger partial charge in [-0.25, -0.2) is 0 Å². The lowest BCUT2D eigenvalue weighted by molar-refractivity contribution is -0.117. The van der Waals surface area contributed by atoms with E-state index >= 15 is 0 Å². The van der Waals surface area contributed by atoms with E-state index in [9.17, 15) is 4.79 Å². The Morgan fingerprint density at radius 2 is 2.00 bits per heavy atom. The average Bonchev–Trinajstić information content (AvgIpc) is 2.58. The number of ether oxygens (including phenoxy) is 1. The fraction of sp³-hybridized carbons (Fsp3) is 0.462. The first-order valence-corrected chi connectivity index (χ1v) is 6.21. The third kappa shape index (κ3) is 2.91. The van der Waals surface area contributed by atoms with Gasteiger partial charge in [0, 0.05) is 18.7 Å². The van der Waals surface area contributed by atoms with E-state index < -0.39 is 0 Å². The number of hydrogen-bond donors (Lipinski definition) is 0. The summed E-state index contributed by atoms with van der Waals surface area (Å²) in [6.45, 7) is 4.55. The number of nitrogens with zero attached hydrogens (tertiary/aromatic N) is 1. The van der Waals surface area contributed by atoms with E-state index in [2.05, 4.69) is 0 Å². The summed E-state index contributed by atoms with van der Waals surface area (Å²) < 4.78 is 5.55.